The molecule has 2 aromatic rings. The molecule has 1 aromatic carbocycles. The number of hydrogen-bond acceptors (Lipinski definition) is 6. The van der Waals surface area contributed by atoms with Gasteiger partial charge < -0.3 is 14.8 Å². The normalized spacial score (nSPS) is 10.6. The number of benzene rings is 1. The molecule has 0 fully saturated rings. The van der Waals surface area contributed by atoms with E-state index in [-0.39, 0.29) is 12.5 Å². The Bertz CT molecular complexity index is 644. The Hall–Kier alpha value is -2.48. The summed E-state index contributed by atoms with van der Waals surface area (Å²) in [4.78, 5) is 12.1. The zero-order chi connectivity index (χ0) is 17.2. The van der Waals surface area contributed by atoms with Crippen molar-refractivity contribution in [3.05, 3.63) is 35.7 Å². The van der Waals surface area contributed by atoms with Gasteiger partial charge in [-0.25, -0.2) is 4.68 Å². The van der Waals surface area contributed by atoms with E-state index in [0.717, 1.165) is 6.42 Å². The first-order chi connectivity index (χ1) is 11.7. The smallest absolute Gasteiger partial charge is 0.251 e. The van der Waals surface area contributed by atoms with E-state index in [1.807, 2.05) is 13.8 Å². The lowest BCUT2D eigenvalue weighted by Crippen LogP contribution is -2.25. The number of rotatable bonds is 10. The van der Waals surface area contributed by atoms with E-state index >= 15 is 0 Å². The fourth-order valence-electron chi connectivity index (χ4n) is 2.07. The number of aryl methyl sites for hydroxylation is 1. The largest absolute Gasteiger partial charge is 0.486 e. The number of carbonyl (C=O) groups excluding carboxylic acids is 1. The molecule has 0 aliphatic rings. The van der Waals surface area contributed by atoms with E-state index in [4.69, 9.17) is 9.47 Å². The molecule has 0 aliphatic carbocycles. The SMILES string of the molecule is CCOCCCNC(=O)c1cccc(OCc2nnnn2CC)c1. The quantitative estimate of drug-likeness (QED) is 0.661. The number of hydrogen-bond donors (Lipinski definition) is 1. The lowest BCUT2D eigenvalue weighted by Gasteiger charge is -2.08. The highest BCUT2D eigenvalue weighted by atomic mass is 16.5. The van der Waals surface area contributed by atoms with Gasteiger partial charge in [0.1, 0.15) is 12.4 Å². The molecule has 130 valence electrons. The molecule has 1 amide bonds. The Labute approximate surface area is 141 Å². The molecule has 24 heavy (non-hydrogen) atoms. The van der Waals surface area contributed by atoms with Crippen molar-refractivity contribution in [3.8, 4) is 5.75 Å². The topological polar surface area (TPSA) is 91.2 Å². The summed E-state index contributed by atoms with van der Waals surface area (Å²) >= 11 is 0. The maximum atomic E-state index is 12.1. The highest BCUT2D eigenvalue weighted by Crippen LogP contribution is 2.14. The molecule has 0 unspecified atom stereocenters. The minimum absolute atomic E-state index is 0.129. The average molecular weight is 333 g/mol. The monoisotopic (exact) mass is 333 g/mol. The van der Waals surface area contributed by atoms with Crippen molar-refractivity contribution in [1.82, 2.24) is 25.5 Å². The molecule has 0 atom stereocenters. The third-order valence-electron chi connectivity index (χ3n) is 3.32. The van der Waals surface area contributed by atoms with Crippen molar-refractivity contribution in [1.29, 1.82) is 0 Å². The zero-order valence-electron chi connectivity index (χ0n) is 14.1. The second-order valence-electron chi connectivity index (χ2n) is 5.03. The van der Waals surface area contributed by atoms with Crippen LogP contribution in [0, 0.1) is 0 Å². The first kappa shape index (κ1) is 17.9. The van der Waals surface area contributed by atoms with Crippen molar-refractivity contribution < 1.29 is 14.3 Å². The number of nitrogens with one attached hydrogen (secondary N) is 1. The van der Waals surface area contributed by atoms with E-state index in [0.29, 0.717) is 43.4 Å². The maximum absolute atomic E-state index is 12.1. The number of amides is 1. The van der Waals surface area contributed by atoms with Crippen LogP contribution in [0.1, 0.15) is 36.5 Å². The van der Waals surface area contributed by atoms with Crippen LogP contribution in [-0.4, -0.2) is 45.9 Å². The van der Waals surface area contributed by atoms with Gasteiger partial charge in [-0.1, -0.05) is 6.07 Å². The number of aromatic nitrogens is 4. The van der Waals surface area contributed by atoms with Gasteiger partial charge in [0.25, 0.3) is 5.91 Å². The first-order valence-corrected chi connectivity index (χ1v) is 8.08. The van der Waals surface area contributed by atoms with E-state index in [1.54, 1.807) is 28.9 Å². The summed E-state index contributed by atoms with van der Waals surface area (Å²) in [7, 11) is 0. The van der Waals surface area contributed by atoms with Crippen LogP contribution in [-0.2, 0) is 17.9 Å². The number of ether oxygens (including phenoxy) is 2. The Balaban J connectivity index is 1.85. The molecule has 8 heteroatoms. The molecule has 0 radical (unpaired) electrons. The summed E-state index contributed by atoms with van der Waals surface area (Å²) < 4.78 is 12.6. The molecule has 0 saturated heterocycles. The molecule has 0 bridgehead atoms. The molecular formula is C16H23N5O3. The van der Waals surface area contributed by atoms with Gasteiger partial charge in [-0.15, -0.1) is 5.10 Å². The van der Waals surface area contributed by atoms with Crippen molar-refractivity contribution in [2.75, 3.05) is 19.8 Å². The summed E-state index contributed by atoms with van der Waals surface area (Å²) in [5.74, 6) is 1.11. The standard InChI is InChI=1S/C16H23N5O3/c1-3-21-15(18-19-20-21)12-24-14-8-5-7-13(11-14)16(22)17-9-6-10-23-4-2/h5,7-8,11H,3-4,6,9-10,12H2,1-2H3,(H,17,22). The van der Waals surface area contributed by atoms with Crippen molar-refractivity contribution >= 4 is 5.91 Å². The van der Waals surface area contributed by atoms with Crippen LogP contribution in [0.5, 0.6) is 5.75 Å². The molecule has 1 heterocycles. The van der Waals surface area contributed by atoms with Gasteiger partial charge in [0.2, 0.25) is 0 Å². The average Bonchev–Trinajstić information content (AvgIpc) is 3.07. The molecule has 0 spiro atoms. The fraction of sp³-hybridized carbons (Fsp3) is 0.500. The minimum atomic E-state index is -0.129. The van der Waals surface area contributed by atoms with Crippen molar-refractivity contribution in [2.45, 2.75) is 33.4 Å². The third kappa shape index (κ3) is 5.31. The summed E-state index contributed by atoms with van der Waals surface area (Å²) in [5, 5.41) is 14.2. The van der Waals surface area contributed by atoms with Gasteiger partial charge >= 0.3 is 0 Å². The van der Waals surface area contributed by atoms with Gasteiger partial charge in [-0.05, 0) is 48.9 Å². The highest BCUT2D eigenvalue weighted by molar-refractivity contribution is 5.94. The van der Waals surface area contributed by atoms with Crippen LogP contribution in [0.2, 0.25) is 0 Å². The Morgan fingerprint density at radius 1 is 1.33 bits per heavy atom. The summed E-state index contributed by atoms with van der Waals surface area (Å²) in [6, 6.07) is 7.04. The van der Waals surface area contributed by atoms with Crippen LogP contribution < -0.4 is 10.1 Å². The maximum Gasteiger partial charge on any atom is 0.251 e. The van der Waals surface area contributed by atoms with Crippen LogP contribution in [0.15, 0.2) is 24.3 Å². The van der Waals surface area contributed by atoms with Crippen LogP contribution in [0.3, 0.4) is 0 Å². The predicted octanol–water partition coefficient (Wildman–Crippen LogP) is 1.43. The second-order valence-corrected chi connectivity index (χ2v) is 5.03. The lowest BCUT2D eigenvalue weighted by atomic mass is 10.2. The molecule has 1 N–H and O–H groups in total. The summed E-state index contributed by atoms with van der Waals surface area (Å²) in [5.41, 5.74) is 0.555. The Morgan fingerprint density at radius 2 is 2.21 bits per heavy atom. The molecular weight excluding hydrogens is 310 g/mol. The molecule has 1 aromatic heterocycles. The van der Waals surface area contributed by atoms with E-state index in [9.17, 15) is 4.79 Å². The van der Waals surface area contributed by atoms with Crippen molar-refractivity contribution in [2.24, 2.45) is 0 Å². The van der Waals surface area contributed by atoms with Crippen LogP contribution in [0.25, 0.3) is 0 Å². The fourth-order valence-corrected chi connectivity index (χ4v) is 2.07. The van der Waals surface area contributed by atoms with E-state index in [1.165, 1.54) is 0 Å². The Kier molecular flexibility index (Phi) is 7.16. The molecule has 2 rings (SSSR count). The number of tetrazole rings is 1. The zero-order valence-corrected chi connectivity index (χ0v) is 14.1. The van der Waals surface area contributed by atoms with Gasteiger partial charge in [-0.2, -0.15) is 0 Å². The molecule has 0 saturated carbocycles. The van der Waals surface area contributed by atoms with Gasteiger partial charge in [0.15, 0.2) is 5.82 Å². The van der Waals surface area contributed by atoms with E-state index in [2.05, 4.69) is 20.8 Å². The minimum Gasteiger partial charge on any atom is -0.486 e. The van der Waals surface area contributed by atoms with E-state index < -0.39 is 0 Å². The van der Waals surface area contributed by atoms with Gasteiger partial charge in [0, 0.05) is 31.9 Å². The van der Waals surface area contributed by atoms with Crippen LogP contribution >= 0.6 is 0 Å². The lowest BCUT2D eigenvalue weighted by molar-refractivity contribution is 0.0943. The molecule has 0 aliphatic heterocycles. The third-order valence-corrected chi connectivity index (χ3v) is 3.32. The first-order valence-electron chi connectivity index (χ1n) is 8.08. The number of nitrogens with zero attached hydrogens (tertiary/aromatic N) is 4. The van der Waals surface area contributed by atoms with Gasteiger partial charge in [-0.3, -0.25) is 4.79 Å². The second kappa shape index (κ2) is 9.61. The molecule has 8 nitrogen and oxygen atoms in total. The predicted molar refractivity (Wildman–Crippen MR) is 87.7 cm³/mol. The van der Waals surface area contributed by atoms with Crippen molar-refractivity contribution in [3.63, 3.8) is 0 Å². The number of carbonyl (C=O) groups is 1. The Morgan fingerprint density at radius 3 is 3.00 bits per heavy atom. The highest BCUT2D eigenvalue weighted by Gasteiger charge is 2.08. The van der Waals surface area contributed by atoms with Crippen LogP contribution in [0.4, 0.5) is 0 Å². The summed E-state index contributed by atoms with van der Waals surface area (Å²) in [6.07, 6.45) is 0.787. The van der Waals surface area contributed by atoms with Gasteiger partial charge in [0.05, 0.1) is 0 Å². The summed E-state index contributed by atoms with van der Waals surface area (Å²) in [6.45, 7) is 6.74.